The molecule has 122 valence electrons. The summed E-state index contributed by atoms with van der Waals surface area (Å²) in [7, 11) is 0. The van der Waals surface area contributed by atoms with Crippen LogP contribution in [0.5, 0.6) is 0 Å². The molecular formula is C14H11F3N2O3S. The van der Waals surface area contributed by atoms with Gasteiger partial charge in [0.15, 0.2) is 10.7 Å². The highest BCUT2D eigenvalue weighted by Crippen LogP contribution is 2.48. The Hall–Kier alpha value is -2.00. The molecule has 0 saturated heterocycles. The van der Waals surface area contributed by atoms with E-state index in [1.165, 1.54) is 0 Å². The number of nitrogens with one attached hydrogen (secondary N) is 1. The van der Waals surface area contributed by atoms with E-state index < -0.39 is 36.4 Å². The van der Waals surface area contributed by atoms with Crippen molar-refractivity contribution in [1.29, 1.82) is 0 Å². The second-order valence-electron chi connectivity index (χ2n) is 5.49. The van der Waals surface area contributed by atoms with E-state index in [1.807, 2.05) is 0 Å². The predicted octanol–water partition coefficient (Wildman–Crippen LogP) is 2.75. The maximum absolute atomic E-state index is 12.5. The van der Waals surface area contributed by atoms with Gasteiger partial charge >= 0.3 is 6.18 Å². The van der Waals surface area contributed by atoms with E-state index in [1.54, 1.807) is 18.2 Å². The molecule has 1 aromatic heterocycles. The molecule has 0 bridgehead atoms. The molecule has 1 fully saturated rings. The van der Waals surface area contributed by atoms with Gasteiger partial charge in [-0.05, 0) is 31.0 Å². The number of thiazole rings is 1. The largest absolute Gasteiger partial charge is 0.417 e. The molecule has 1 amide bonds. The number of benzene rings is 1. The molecular weight excluding hydrogens is 333 g/mol. The van der Waals surface area contributed by atoms with Gasteiger partial charge in [0.2, 0.25) is 5.91 Å². The van der Waals surface area contributed by atoms with Crippen molar-refractivity contribution in [2.24, 2.45) is 5.92 Å². The zero-order chi connectivity index (χ0) is 16.8. The van der Waals surface area contributed by atoms with Crippen LogP contribution in [0.1, 0.15) is 23.2 Å². The van der Waals surface area contributed by atoms with Crippen LogP contribution >= 0.6 is 11.3 Å². The third-order valence-electron chi connectivity index (χ3n) is 3.85. The number of aldehydes is 1. The van der Waals surface area contributed by atoms with E-state index in [2.05, 4.69) is 10.3 Å². The highest BCUT2D eigenvalue weighted by Gasteiger charge is 2.62. The number of rotatable bonds is 3. The van der Waals surface area contributed by atoms with Crippen LogP contribution in [0.25, 0.3) is 10.2 Å². The lowest BCUT2D eigenvalue weighted by Gasteiger charge is -2.43. The minimum Gasteiger partial charge on any atom is -0.380 e. The van der Waals surface area contributed by atoms with E-state index in [0.717, 1.165) is 11.3 Å². The molecule has 3 rings (SSSR count). The van der Waals surface area contributed by atoms with Crippen LogP contribution in [0.2, 0.25) is 0 Å². The molecule has 1 aliphatic rings. The summed E-state index contributed by atoms with van der Waals surface area (Å²) in [4.78, 5) is 26.8. The van der Waals surface area contributed by atoms with Crippen LogP contribution in [0.3, 0.4) is 0 Å². The average Bonchev–Trinajstić information content (AvgIpc) is 2.83. The monoisotopic (exact) mass is 344 g/mol. The Labute approximate surface area is 132 Å². The standard InChI is InChI=1S/C14H11F3N2O3S/c15-14(16,17)13(22)4-8(5-13)11(21)19-12-18-9-2-1-7(6-20)3-10(9)23-12/h1-3,6,8,22H,4-5H2,(H,18,19,21). The lowest BCUT2D eigenvalue weighted by Crippen LogP contribution is -2.57. The minimum absolute atomic E-state index is 0.246. The van der Waals surface area contributed by atoms with Gasteiger partial charge in [-0.1, -0.05) is 11.3 Å². The first-order valence-corrected chi connectivity index (χ1v) is 7.49. The highest BCUT2D eigenvalue weighted by atomic mass is 32.1. The molecule has 1 heterocycles. The molecule has 23 heavy (non-hydrogen) atoms. The quantitative estimate of drug-likeness (QED) is 0.839. The van der Waals surface area contributed by atoms with Gasteiger partial charge in [0, 0.05) is 11.5 Å². The summed E-state index contributed by atoms with van der Waals surface area (Å²) in [5, 5.41) is 12.1. The molecule has 9 heteroatoms. The number of anilines is 1. The number of alkyl halides is 3. The number of aromatic nitrogens is 1. The Morgan fingerprint density at radius 2 is 2.13 bits per heavy atom. The molecule has 1 aliphatic carbocycles. The van der Waals surface area contributed by atoms with E-state index in [0.29, 0.717) is 22.1 Å². The van der Waals surface area contributed by atoms with Gasteiger partial charge in [-0.25, -0.2) is 4.98 Å². The van der Waals surface area contributed by atoms with Crippen LogP contribution in [0, 0.1) is 5.92 Å². The van der Waals surface area contributed by atoms with Gasteiger partial charge < -0.3 is 10.4 Å². The summed E-state index contributed by atoms with van der Waals surface area (Å²) in [5.41, 5.74) is -1.73. The number of nitrogens with zero attached hydrogens (tertiary/aromatic N) is 1. The normalized spacial score (nSPS) is 24.3. The molecule has 1 aromatic carbocycles. The molecule has 0 aliphatic heterocycles. The van der Waals surface area contributed by atoms with Gasteiger partial charge in [-0.15, -0.1) is 0 Å². The fourth-order valence-electron chi connectivity index (χ4n) is 2.45. The highest BCUT2D eigenvalue weighted by molar-refractivity contribution is 7.22. The smallest absolute Gasteiger partial charge is 0.380 e. The summed E-state index contributed by atoms with van der Waals surface area (Å²) < 4.78 is 38.3. The molecule has 2 N–H and O–H groups in total. The summed E-state index contributed by atoms with van der Waals surface area (Å²) in [5.74, 6) is -1.51. The van der Waals surface area contributed by atoms with Crippen molar-refractivity contribution in [2.75, 3.05) is 5.32 Å². The Kier molecular flexibility index (Phi) is 3.64. The van der Waals surface area contributed by atoms with E-state index in [9.17, 15) is 27.9 Å². The van der Waals surface area contributed by atoms with Crippen molar-refractivity contribution >= 4 is 38.9 Å². The van der Waals surface area contributed by atoms with Crippen molar-refractivity contribution in [2.45, 2.75) is 24.6 Å². The fourth-order valence-corrected chi connectivity index (χ4v) is 3.36. The number of amides is 1. The maximum atomic E-state index is 12.5. The molecule has 0 spiro atoms. The van der Waals surface area contributed by atoms with Crippen molar-refractivity contribution < 1.29 is 27.9 Å². The first kappa shape index (κ1) is 15.9. The Morgan fingerprint density at radius 1 is 1.43 bits per heavy atom. The third kappa shape index (κ3) is 2.81. The van der Waals surface area contributed by atoms with Crippen LogP contribution in [0.15, 0.2) is 18.2 Å². The molecule has 0 unspecified atom stereocenters. The lowest BCUT2D eigenvalue weighted by atomic mass is 9.70. The average molecular weight is 344 g/mol. The number of aliphatic hydroxyl groups is 1. The Balaban J connectivity index is 1.69. The van der Waals surface area contributed by atoms with Gasteiger partial charge in [-0.2, -0.15) is 13.2 Å². The van der Waals surface area contributed by atoms with Gasteiger partial charge in [0.1, 0.15) is 6.29 Å². The molecule has 0 atom stereocenters. The number of carbonyl (C=O) groups excluding carboxylic acids is 2. The van der Waals surface area contributed by atoms with Crippen LogP contribution in [-0.4, -0.2) is 34.1 Å². The number of fused-ring (bicyclic) bond motifs is 1. The van der Waals surface area contributed by atoms with Crippen molar-refractivity contribution in [3.8, 4) is 0 Å². The third-order valence-corrected chi connectivity index (χ3v) is 4.78. The van der Waals surface area contributed by atoms with E-state index in [-0.39, 0.29) is 5.13 Å². The maximum Gasteiger partial charge on any atom is 0.417 e. The summed E-state index contributed by atoms with van der Waals surface area (Å²) in [6.45, 7) is 0. The first-order valence-electron chi connectivity index (χ1n) is 6.67. The SMILES string of the molecule is O=Cc1ccc2nc(NC(=O)C3CC(O)(C(F)(F)F)C3)sc2c1. The zero-order valence-corrected chi connectivity index (χ0v) is 12.4. The first-order chi connectivity index (χ1) is 10.7. The van der Waals surface area contributed by atoms with Crippen molar-refractivity contribution in [1.82, 2.24) is 4.98 Å². The fraction of sp³-hybridized carbons (Fsp3) is 0.357. The predicted molar refractivity (Wildman–Crippen MR) is 77.4 cm³/mol. The Bertz CT molecular complexity index is 781. The van der Waals surface area contributed by atoms with Crippen LogP contribution in [0.4, 0.5) is 18.3 Å². The molecule has 2 aromatic rings. The van der Waals surface area contributed by atoms with Gasteiger partial charge in [-0.3, -0.25) is 9.59 Å². The lowest BCUT2D eigenvalue weighted by molar-refractivity contribution is -0.295. The van der Waals surface area contributed by atoms with Crippen LogP contribution in [-0.2, 0) is 4.79 Å². The number of hydrogen-bond donors (Lipinski definition) is 2. The zero-order valence-electron chi connectivity index (χ0n) is 11.6. The van der Waals surface area contributed by atoms with Gasteiger partial charge in [0.05, 0.1) is 10.2 Å². The number of hydrogen-bond acceptors (Lipinski definition) is 5. The molecule has 0 radical (unpaired) electrons. The van der Waals surface area contributed by atoms with E-state index >= 15 is 0 Å². The molecule has 5 nitrogen and oxygen atoms in total. The van der Waals surface area contributed by atoms with Crippen molar-refractivity contribution in [3.63, 3.8) is 0 Å². The second kappa shape index (κ2) is 5.27. The van der Waals surface area contributed by atoms with E-state index in [4.69, 9.17) is 0 Å². The summed E-state index contributed by atoms with van der Waals surface area (Å²) >= 11 is 1.13. The van der Waals surface area contributed by atoms with Crippen molar-refractivity contribution in [3.05, 3.63) is 23.8 Å². The molecule has 1 saturated carbocycles. The summed E-state index contributed by atoms with van der Waals surface area (Å²) in [6, 6.07) is 4.81. The van der Waals surface area contributed by atoms with Crippen LogP contribution < -0.4 is 5.32 Å². The second-order valence-corrected chi connectivity index (χ2v) is 6.52. The number of carbonyl (C=O) groups is 2. The number of halogens is 3. The Morgan fingerprint density at radius 3 is 2.74 bits per heavy atom. The van der Waals surface area contributed by atoms with Gasteiger partial charge in [0.25, 0.3) is 0 Å². The summed E-state index contributed by atoms with van der Waals surface area (Å²) in [6.07, 6.45) is -5.35. The topological polar surface area (TPSA) is 79.3 Å². The minimum atomic E-state index is -4.73.